The van der Waals surface area contributed by atoms with Gasteiger partial charge in [0.15, 0.2) is 0 Å². The lowest BCUT2D eigenvalue weighted by atomic mass is 10.3. The van der Waals surface area contributed by atoms with Crippen LogP contribution in [0.4, 0.5) is 0 Å². The summed E-state index contributed by atoms with van der Waals surface area (Å²) >= 11 is 0. The van der Waals surface area contributed by atoms with Gasteiger partial charge in [-0.15, -0.1) is 0 Å². The number of halogens is 1. The van der Waals surface area contributed by atoms with Crippen LogP contribution in [0.5, 0.6) is 0 Å². The van der Waals surface area contributed by atoms with E-state index in [4.69, 9.17) is 15.4 Å². The molecule has 0 unspecified atom stereocenters. The van der Waals surface area contributed by atoms with Gasteiger partial charge in [-0.2, -0.15) is 0 Å². The van der Waals surface area contributed by atoms with Gasteiger partial charge in [0.1, 0.15) is 0 Å². The van der Waals surface area contributed by atoms with Crippen LogP contribution < -0.4 is 0 Å². The maximum absolute atomic E-state index is 10.6. The first kappa shape index (κ1) is 9.29. The molecule has 1 aliphatic rings. The Labute approximate surface area is 71.1 Å². The lowest BCUT2D eigenvalue weighted by Crippen LogP contribution is -2.22. The molecule has 11 heavy (non-hydrogen) atoms. The van der Waals surface area contributed by atoms with Crippen molar-refractivity contribution in [2.45, 2.75) is 18.9 Å². The van der Waals surface area contributed by atoms with E-state index in [1.54, 1.807) is 0 Å². The second kappa shape index (κ2) is 3.29. The van der Waals surface area contributed by atoms with Crippen molar-refractivity contribution in [3.63, 3.8) is 0 Å². The summed E-state index contributed by atoms with van der Waals surface area (Å²) in [7, 11) is 3.20. The molecule has 3 nitrogen and oxygen atoms in total. The highest BCUT2D eigenvalue weighted by Crippen LogP contribution is 2.34. The van der Waals surface area contributed by atoms with Gasteiger partial charge in [-0.1, -0.05) is 0 Å². The predicted molar refractivity (Wildman–Crippen MR) is 43.2 cm³/mol. The van der Waals surface area contributed by atoms with Crippen LogP contribution in [0.2, 0.25) is 0 Å². The highest BCUT2D eigenvalue weighted by Gasteiger charge is 2.33. The summed E-state index contributed by atoms with van der Waals surface area (Å²) in [6.45, 7) is 0. The molecule has 1 saturated carbocycles. The van der Waals surface area contributed by atoms with Crippen molar-refractivity contribution < 1.29 is 13.2 Å². The predicted octanol–water partition coefficient (Wildman–Crippen LogP) is 0.980. The molecule has 0 aromatic heterocycles. The number of rotatable bonds is 4. The van der Waals surface area contributed by atoms with E-state index in [0.29, 0.717) is 5.92 Å². The molecular weight excluding hydrogens is 188 g/mol. The third-order valence-electron chi connectivity index (χ3n) is 1.81. The van der Waals surface area contributed by atoms with Gasteiger partial charge in [-0.3, -0.25) is 0 Å². The zero-order valence-corrected chi connectivity index (χ0v) is 7.86. The topological polar surface area (TPSA) is 43.4 Å². The Morgan fingerprint density at radius 3 is 2.45 bits per heavy atom. The van der Waals surface area contributed by atoms with Crippen molar-refractivity contribution in [3.05, 3.63) is 0 Å². The molecule has 0 radical (unpaired) electrons. The van der Waals surface area contributed by atoms with E-state index in [1.165, 1.54) is 7.11 Å². The molecule has 1 fully saturated rings. The zero-order chi connectivity index (χ0) is 8.48. The summed E-state index contributed by atoms with van der Waals surface area (Å²) in [5.41, 5.74) is 0. The van der Waals surface area contributed by atoms with E-state index in [2.05, 4.69) is 0 Å². The highest BCUT2D eigenvalue weighted by atomic mass is 35.7. The molecule has 0 saturated heterocycles. The number of ether oxygens (including phenoxy) is 1. The Morgan fingerprint density at radius 1 is 1.64 bits per heavy atom. The zero-order valence-electron chi connectivity index (χ0n) is 6.29. The van der Waals surface area contributed by atoms with E-state index in [9.17, 15) is 8.42 Å². The molecule has 0 spiro atoms. The fourth-order valence-corrected chi connectivity index (χ4v) is 2.23. The van der Waals surface area contributed by atoms with Gasteiger partial charge in [0, 0.05) is 17.8 Å². The Morgan fingerprint density at radius 2 is 2.18 bits per heavy atom. The smallest absolute Gasteiger partial charge is 0.235 e. The largest absolute Gasteiger partial charge is 0.380 e. The summed E-state index contributed by atoms with van der Waals surface area (Å²) in [4.78, 5) is 0. The van der Waals surface area contributed by atoms with E-state index >= 15 is 0 Å². The van der Waals surface area contributed by atoms with Crippen molar-refractivity contribution in [1.82, 2.24) is 0 Å². The molecule has 0 aromatic carbocycles. The molecule has 1 rings (SSSR count). The van der Waals surface area contributed by atoms with Gasteiger partial charge in [-0.25, -0.2) is 8.42 Å². The second-order valence-corrected chi connectivity index (χ2v) is 5.64. The second-order valence-electron chi connectivity index (χ2n) is 2.82. The van der Waals surface area contributed by atoms with Gasteiger partial charge >= 0.3 is 0 Å². The first-order chi connectivity index (χ1) is 5.03. The summed E-state index contributed by atoms with van der Waals surface area (Å²) in [5.74, 6) is 0.351. The summed E-state index contributed by atoms with van der Waals surface area (Å²) in [6.07, 6.45) is 1.92. The van der Waals surface area contributed by atoms with Gasteiger partial charge in [-0.05, 0) is 18.8 Å². The van der Waals surface area contributed by atoms with Crippen molar-refractivity contribution in [2.24, 2.45) is 5.92 Å². The molecule has 0 bridgehead atoms. The Bertz CT molecular complexity index is 220. The maximum Gasteiger partial charge on any atom is 0.235 e. The van der Waals surface area contributed by atoms with Crippen molar-refractivity contribution in [3.8, 4) is 0 Å². The molecule has 66 valence electrons. The minimum atomic E-state index is -3.39. The molecular formula is C6H11ClO3S. The first-order valence-corrected chi connectivity index (χ1v) is 5.96. The molecule has 5 heteroatoms. The van der Waals surface area contributed by atoms with Crippen LogP contribution in [0.3, 0.4) is 0 Å². The van der Waals surface area contributed by atoms with Crippen LogP contribution >= 0.6 is 10.7 Å². The number of methoxy groups -OCH3 is 1. The third-order valence-corrected chi connectivity index (χ3v) is 2.92. The van der Waals surface area contributed by atoms with Gasteiger partial charge in [0.2, 0.25) is 9.05 Å². The standard InChI is InChI=1S/C6H11ClO3S/c1-10-6(5-2-3-5)4-11(7,8)9/h5-6H,2-4H2,1H3/t6-/m0/s1. The van der Waals surface area contributed by atoms with Crippen LogP contribution in [-0.2, 0) is 13.8 Å². The monoisotopic (exact) mass is 198 g/mol. The minimum absolute atomic E-state index is 0.0598. The maximum atomic E-state index is 10.6. The van der Waals surface area contributed by atoms with Gasteiger partial charge < -0.3 is 4.74 Å². The molecule has 0 amide bonds. The quantitative estimate of drug-likeness (QED) is 0.633. The summed E-state index contributed by atoms with van der Waals surface area (Å²) in [6, 6.07) is 0. The fraction of sp³-hybridized carbons (Fsp3) is 1.00. The number of hydrogen-bond acceptors (Lipinski definition) is 3. The van der Waals surface area contributed by atoms with Crippen molar-refractivity contribution >= 4 is 19.7 Å². The van der Waals surface area contributed by atoms with E-state index in [1.807, 2.05) is 0 Å². The van der Waals surface area contributed by atoms with Gasteiger partial charge in [0.05, 0.1) is 11.9 Å². The third kappa shape index (κ3) is 3.40. The van der Waals surface area contributed by atoms with Crippen LogP contribution in [0.25, 0.3) is 0 Å². The molecule has 1 aliphatic carbocycles. The van der Waals surface area contributed by atoms with Crippen LogP contribution in [-0.4, -0.2) is 27.4 Å². The summed E-state index contributed by atoms with van der Waals surface area (Å²) in [5, 5.41) is 0. The number of hydrogen-bond donors (Lipinski definition) is 0. The average Bonchev–Trinajstić information content (AvgIpc) is 2.61. The fourth-order valence-electron chi connectivity index (χ4n) is 1.06. The van der Waals surface area contributed by atoms with Crippen LogP contribution in [0, 0.1) is 5.92 Å². The Balaban J connectivity index is 2.43. The SMILES string of the molecule is CO[C@@H](CS(=O)(=O)Cl)C1CC1. The van der Waals surface area contributed by atoms with Crippen LogP contribution in [0.15, 0.2) is 0 Å². The Hall–Kier alpha value is 0.200. The molecule has 0 aliphatic heterocycles. The van der Waals surface area contributed by atoms with E-state index in [-0.39, 0.29) is 11.9 Å². The van der Waals surface area contributed by atoms with E-state index in [0.717, 1.165) is 12.8 Å². The van der Waals surface area contributed by atoms with Crippen molar-refractivity contribution in [1.29, 1.82) is 0 Å². The molecule has 0 N–H and O–H groups in total. The van der Waals surface area contributed by atoms with Crippen LogP contribution in [0.1, 0.15) is 12.8 Å². The average molecular weight is 199 g/mol. The lowest BCUT2D eigenvalue weighted by molar-refractivity contribution is 0.103. The first-order valence-electron chi connectivity index (χ1n) is 3.48. The molecule has 0 heterocycles. The summed E-state index contributed by atoms with van der Waals surface area (Å²) < 4.78 is 26.2. The highest BCUT2D eigenvalue weighted by molar-refractivity contribution is 8.13. The van der Waals surface area contributed by atoms with Crippen molar-refractivity contribution in [2.75, 3.05) is 12.9 Å². The van der Waals surface area contributed by atoms with Gasteiger partial charge in [0.25, 0.3) is 0 Å². The van der Waals surface area contributed by atoms with E-state index < -0.39 is 9.05 Å². The normalized spacial score (nSPS) is 21.6. The molecule has 0 aromatic rings. The Kier molecular flexibility index (Phi) is 2.78. The lowest BCUT2D eigenvalue weighted by Gasteiger charge is -2.10. The molecule has 1 atom stereocenters. The minimum Gasteiger partial charge on any atom is -0.380 e.